The molecule has 2 heterocycles. The number of nitriles is 1. The van der Waals surface area contributed by atoms with Gasteiger partial charge in [0.05, 0.1) is 28.0 Å². The second-order valence-corrected chi connectivity index (χ2v) is 7.07. The average Bonchev–Trinajstić information content (AvgIpc) is 2.95. The van der Waals surface area contributed by atoms with Crippen molar-refractivity contribution in [3.05, 3.63) is 22.7 Å². The fourth-order valence-electron chi connectivity index (χ4n) is 3.76. The monoisotopic (exact) mass is 332 g/mol. The number of nitrogens with zero attached hydrogens (tertiary/aromatic N) is 3. The van der Waals surface area contributed by atoms with Crippen molar-refractivity contribution < 1.29 is 4.79 Å². The molecule has 2 N–H and O–H groups in total. The number of carbonyl (C=O) groups is 1. The molecule has 1 aromatic carbocycles. The first-order valence-corrected chi connectivity index (χ1v) is 8.31. The minimum Gasteiger partial charge on any atom is -0.397 e. The summed E-state index contributed by atoms with van der Waals surface area (Å²) >= 11 is 6.34. The topological polar surface area (TPSA) is 73.4 Å². The molecule has 3 rings (SSSR count). The van der Waals surface area contributed by atoms with E-state index in [2.05, 4.69) is 11.0 Å². The predicted molar refractivity (Wildman–Crippen MR) is 91.3 cm³/mol. The van der Waals surface area contributed by atoms with E-state index in [9.17, 15) is 4.79 Å². The number of nitrogen functional groups attached to an aromatic ring is 1. The van der Waals surface area contributed by atoms with Crippen LogP contribution in [0, 0.1) is 16.7 Å². The Labute approximate surface area is 141 Å². The molecule has 2 aliphatic rings. The van der Waals surface area contributed by atoms with Crippen molar-refractivity contribution in [1.29, 1.82) is 5.26 Å². The summed E-state index contributed by atoms with van der Waals surface area (Å²) in [5, 5.41) is 9.64. The molecule has 0 bridgehead atoms. The van der Waals surface area contributed by atoms with E-state index in [4.69, 9.17) is 22.6 Å². The molecule has 122 valence electrons. The average molecular weight is 333 g/mol. The summed E-state index contributed by atoms with van der Waals surface area (Å²) in [6.45, 7) is 5.13. The smallest absolute Gasteiger partial charge is 0.219 e. The molecule has 5 nitrogen and oxygen atoms in total. The highest BCUT2D eigenvalue weighted by Crippen LogP contribution is 2.43. The molecular weight excluding hydrogens is 312 g/mol. The summed E-state index contributed by atoms with van der Waals surface area (Å²) in [6.07, 6.45) is 3.14. The van der Waals surface area contributed by atoms with Gasteiger partial charge in [-0.05, 0) is 36.8 Å². The fourth-order valence-corrected chi connectivity index (χ4v) is 3.99. The van der Waals surface area contributed by atoms with E-state index in [0.29, 0.717) is 16.3 Å². The molecule has 0 radical (unpaired) electrons. The van der Waals surface area contributed by atoms with E-state index in [1.54, 1.807) is 13.0 Å². The number of rotatable bonds is 1. The molecule has 23 heavy (non-hydrogen) atoms. The number of benzene rings is 1. The molecule has 0 unspecified atom stereocenters. The van der Waals surface area contributed by atoms with Crippen LogP contribution >= 0.6 is 11.6 Å². The minimum atomic E-state index is 0.168. The van der Waals surface area contributed by atoms with Crippen molar-refractivity contribution >= 4 is 28.9 Å². The summed E-state index contributed by atoms with van der Waals surface area (Å²) in [5.74, 6) is 0.168. The summed E-state index contributed by atoms with van der Waals surface area (Å²) in [7, 11) is 0. The highest BCUT2D eigenvalue weighted by atomic mass is 35.5. The molecule has 6 heteroatoms. The van der Waals surface area contributed by atoms with Gasteiger partial charge < -0.3 is 15.5 Å². The first kappa shape index (κ1) is 15.9. The minimum absolute atomic E-state index is 0.168. The Bertz CT molecular complexity index is 674. The first-order chi connectivity index (χ1) is 10.9. The summed E-state index contributed by atoms with van der Waals surface area (Å²) in [6, 6.07) is 5.55. The van der Waals surface area contributed by atoms with Crippen LogP contribution in [-0.2, 0) is 4.79 Å². The molecule has 2 aliphatic heterocycles. The summed E-state index contributed by atoms with van der Waals surface area (Å²) in [4.78, 5) is 15.7. The molecule has 0 saturated carbocycles. The molecule has 1 amide bonds. The zero-order valence-corrected chi connectivity index (χ0v) is 14.1. The van der Waals surface area contributed by atoms with Gasteiger partial charge in [-0.2, -0.15) is 5.26 Å². The number of hydrogen-bond acceptors (Lipinski definition) is 4. The Kier molecular flexibility index (Phi) is 4.11. The molecule has 1 aromatic rings. The normalized spacial score (nSPS) is 19.9. The zero-order chi connectivity index (χ0) is 16.6. The highest BCUT2D eigenvalue weighted by molar-refractivity contribution is 6.35. The zero-order valence-electron chi connectivity index (χ0n) is 13.3. The molecular formula is C17H21ClN4O. The van der Waals surface area contributed by atoms with Crippen LogP contribution in [-0.4, -0.2) is 37.0 Å². The van der Waals surface area contributed by atoms with E-state index in [-0.39, 0.29) is 11.3 Å². The maximum Gasteiger partial charge on any atom is 0.219 e. The Morgan fingerprint density at radius 3 is 2.52 bits per heavy atom. The van der Waals surface area contributed by atoms with Crippen molar-refractivity contribution in [3.8, 4) is 6.07 Å². The van der Waals surface area contributed by atoms with Crippen LogP contribution < -0.4 is 10.6 Å². The van der Waals surface area contributed by atoms with Crippen LogP contribution in [0.3, 0.4) is 0 Å². The van der Waals surface area contributed by atoms with Gasteiger partial charge in [-0.3, -0.25) is 4.79 Å². The molecule has 0 aromatic heterocycles. The van der Waals surface area contributed by atoms with Crippen molar-refractivity contribution in [3.63, 3.8) is 0 Å². The van der Waals surface area contributed by atoms with Gasteiger partial charge in [0, 0.05) is 33.1 Å². The molecule has 0 aliphatic carbocycles. The third kappa shape index (κ3) is 2.96. The van der Waals surface area contributed by atoms with Gasteiger partial charge in [0.1, 0.15) is 0 Å². The van der Waals surface area contributed by atoms with Gasteiger partial charge in [-0.15, -0.1) is 0 Å². The molecule has 2 saturated heterocycles. The van der Waals surface area contributed by atoms with Crippen molar-refractivity contribution in [2.75, 3.05) is 36.8 Å². The van der Waals surface area contributed by atoms with Crippen molar-refractivity contribution in [2.24, 2.45) is 5.41 Å². The maximum atomic E-state index is 11.6. The Balaban J connectivity index is 1.74. The van der Waals surface area contributed by atoms with Crippen molar-refractivity contribution in [1.82, 2.24) is 4.90 Å². The number of likely N-dealkylation sites (tertiary alicyclic amines) is 1. The highest BCUT2D eigenvalue weighted by Gasteiger charge is 2.41. The fraction of sp³-hybridized carbons (Fsp3) is 0.529. The van der Waals surface area contributed by atoms with Crippen molar-refractivity contribution in [2.45, 2.75) is 26.2 Å². The second kappa shape index (κ2) is 5.93. The van der Waals surface area contributed by atoms with Crippen LogP contribution in [0.25, 0.3) is 0 Å². The Morgan fingerprint density at radius 1 is 1.30 bits per heavy atom. The van der Waals surface area contributed by atoms with Crippen LogP contribution in [0.2, 0.25) is 5.02 Å². The van der Waals surface area contributed by atoms with Gasteiger partial charge in [0.25, 0.3) is 0 Å². The Morgan fingerprint density at radius 2 is 1.96 bits per heavy atom. The summed E-state index contributed by atoms with van der Waals surface area (Å²) < 4.78 is 0. The number of halogens is 1. The number of carbonyl (C=O) groups excluding carboxylic acids is 1. The van der Waals surface area contributed by atoms with Crippen LogP contribution in [0.15, 0.2) is 12.1 Å². The first-order valence-electron chi connectivity index (χ1n) is 7.94. The van der Waals surface area contributed by atoms with Crippen LogP contribution in [0.1, 0.15) is 31.7 Å². The molecule has 2 fully saturated rings. The molecule has 0 atom stereocenters. The van der Waals surface area contributed by atoms with E-state index in [1.807, 2.05) is 11.0 Å². The predicted octanol–water partition coefficient (Wildman–Crippen LogP) is 2.63. The standard InChI is InChI=1S/C17H21ClN4O/c1-12(23)22-7-4-17(11-22)2-5-21(6-3-17)15-9-13(10-19)8-14(20)16(15)18/h8-9H,2-7,11,20H2,1H3. The van der Waals surface area contributed by atoms with Crippen LogP contribution in [0.5, 0.6) is 0 Å². The summed E-state index contributed by atoms with van der Waals surface area (Å²) in [5.41, 5.74) is 7.99. The molecule has 1 spiro atoms. The quantitative estimate of drug-likeness (QED) is 0.802. The maximum absolute atomic E-state index is 11.6. The number of anilines is 2. The number of nitrogens with two attached hydrogens (primary N) is 1. The Hall–Kier alpha value is -1.93. The number of hydrogen-bond donors (Lipinski definition) is 1. The number of amides is 1. The van der Waals surface area contributed by atoms with Gasteiger partial charge in [0.15, 0.2) is 0 Å². The van der Waals surface area contributed by atoms with E-state index in [0.717, 1.165) is 51.1 Å². The van der Waals surface area contributed by atoms with Crippen LogP contribution in [0.4, 0.5) is 11.4 Å². The lowest BCUT2D eigenvalue weighted by atomic mass is 9.77. The number of piperidine rings is 1. The second-order valence-electron chi connectivity index (χ2n) is 6.69. The third-order valence-corrected chi connectivity index (χ3v) is 5.67. The SMILES string of the molecule is CC(=O)N1CCC2(CCN(c3cc(C#N)cc(N)c3Cl)CC2)C1. The van der Waals surface area contributed by atoms with E-state index < -0.39 is 0 Å². The van der Waals surface area contributed by atoms with Gasteiger partial charge in [0.2, 0.25) is 5.91 Å². The largest absolute Gasteiger partial charge is 0.397 e. The van der Waals surface area contributed by atoms with E-state index >= 15 is 0 Å². The van der Waals surface area contributed by atoms with Gasteiger partial charge >= 0.3 is 0 Å². The van der Waals surface area contributed by atoms with Gasteiger partial charge in [-0.1, -0.05) is 11.6 Å². The lowest BCUT2D eigenvalue weighted by Gasteiger charge is -2.40. The lowest BCUT2D eigenvalue weighted by molar-refractivity contribution is -0.128. The van der Waals surface area contributed by atoms with Gasteiger partial charge in [-0.25, -0.2) is 0 Å². The third-order valence-electron chi connectivity index (χ3n) is 5.26. The lowest BCUT2D eigenvalue weighted by Crippen LogP contribution is -2.42. The van der Waals surface area contributed by atoms with E-state index in [1.165, 1.54) is 0 Å².